The molecule has 5 heteroatoms. The molecule has 0 bridgehead atoms. The van der Waals surface area contributed by atoms with E-state index in [1.165, 1.54) is 5.56 Å². The Morgan fingerprint density at radius 3 is 3.11 bits per heavy atom. The molecule has 1 aromatic heterocycles. The first-order chi connectivity index (χ1) is 8.65. The Balaban J connectivity index is 1.89. The number of fused-ring (bicyclic) bond motifs is 1. The molecule has 0 saturated heterocycles. The maximum atomic E-state index is 10.4. The van der Waals surface area contributed by atoms with Crippen LogP contribution < -0.4 is 0 Å². The number of rotatable bonds is 6. The van der Waals surface area contributed by atoms with Gasteiger partial charge in [-0.3, -0.25) is 4.79 Å². The number of benzene rings is 1. The lowest BCUT2D eigenvalue weighted by Crippen LogP contribution is -2.19. The summed E-state index contributed by atoms with van der Waals surface area (Å²) in [7, 11) is 2.00. The number of hydrogen-bond donors (Lipinski definition) is 2. The molecule has 96 valence electrons. The van der Waals surface area contributed by atoms with E-state index in [1.807, 2.05) is 13.1 Å². The number of aromatic nitrogens is 2. The first-order valence-corrected chi connectivity index (χ1v) is 5.97. The van der Waals surface area contributed by atoms with Gasteiger partial charge in [0, 0.05) is 13.0 Å². The van der Waals surface area contributed by atoms with Crippen molar-refractivity contribution in [3.63, 3.8) is 0 Å². The van der Waals surface area contributed by atoms with Crippen LogP contribution in [0.5, 0.6) is 0 Å². The minimum Gasteiger partial charge on any atom is -0.481 e. The normalized spacial score (nSPS) is 11.2. The zero-order valence-corrected chi connectivity index (χ0v) is 10.4. The van der Waals surface area contributed by atoms with E-state index in [1.54, 1.807) is 6.33 Å². The van der Waals surface area contributed by atoms with Gasteiger partial charge >= 0.3 is 5.97 Å². The Bertz CT molecular complexity index is 536. The number of aliphatic carboxylic acids is 1. The van der Waals surface area contributed by atoms with Gasteiger partial charge in [0.1, 0.15) is 0 Å². The van der Waals surface area contributed by atoms with Crippen LogP contribution in [-0.2, 0) is 11.3 Å². The molecule has 2 rings (SSSR count). The Morgan fingerprint density at radius 1 is 1.50 bits per heavy atom. The molecule has 5 nitrogen and oxygen atoms in total. The Morgan fingerprint density at radius 2 is 2.33 bits per heavy atom. The molecular weight excluding hydrogens is 230 g/mol. The smallest absolute Gasteiger partial charge is 0.303 e. The molecule has 0 radical (unpaired) electrons. The monoisotopic (exact) mass is 247 g/mol. The van der Waals surface area contributed by atoms with Gasteiger partial charge in [-0.1, -0.05) is 6.07 Å². The van der Waals surface area contributed by atoms with Crippen LogP contribution in [0.2, 0.25) is 0 Å². The van der Waals surface area contributed by atoms with E-state index in [0.717, 1.165) is 24.1 Å². The van der Waals surface area contributed by atoms with Crippen LogP contribution in [0, 0.1) is 0 Å². The maximum absolute atomic E-state index is 10.4. The zero-order chi connectivity index (χ0) is 13.0. The molecule has 0 aliphatic heterocycles. The van der Waals surface area contributed by atoms with Crippen molar-refractivity contribution in [2.24, 2.45) is 0 Å². The van der Waals surface area contributed by atoms with Crippen molar-refractivity contribution in [2.45, 2.75) is 19.4 Å². The fourth-order valence-corrected chi connectivity index (χ4v) is 1.97. The largest absolute Gasteiger partial charge is 0.481 e. The van der Waals surface area contributed by atoms with Crippen LogP contribution in [0.25, 0.3) is 11.0 Å². The van der Waals surface area contributed by atoms with Crippen molar-refractivity contribution in [3.05, 3.63) is 30.1 Å². The summed E-state index contributed by atoms with van der Waals surface area (Å²) < 4.78 is 0. The van der Waals surface area contributed by atoms with Crippen LogP contribution in [0.3, 0.4) is 0 Å². The van der Waals surface area contributed by atoms with Crippen molar-refractivity contribution >= 4 is 17.0 Å². The molecule has 0 amide bonds. The van der Waals surface area contributed by atoms with E-state index in [9.17, 15) is 4.79 Å². The molecule has 0 atom stereocenters. The number of carboxylic acids is 1. The maximum Gasteiger partial charge on any atom is 0.303 e. The number of carboxylic acid groups (broad SMARTS) is 1. The minimum atomic E-state index is -0.734. The summed E-state index contributed by atoms with van der Waals surface area (Å²) >= 11 is 0. The van der Waals surface area contributed by atoms with E-state index in [2.05, 4.69) is 27.0 Å². The van der Waals surface area contributed by atoms with Crippen molar-refractivity contribution < 1.29 is 9.90 Å². The molecule has 0 spiro atoms. The number of imidazole rings is 1. The molecule has 0 unspecified atom stereocenters. The summed E-state index contributed by atoms with van der Waals surface area (Å²) in [5, 5.41) is 8.58. The predicted octanol–water partition coefficient (Wildman–Crippen LogP) is 1.86. The molecule has 2 N–H and O–H groups in total. The van der Waals surface area contributed by atoms with Gasteiger partial charge in [-0.15, -0.1) is 0 Å². The van der Waals surface area contributed by atoms with Crippen LogP contribution in [0.1, 0.15) is 18.4 Å². The molecule has 1 aromatic carbocycles. The van der Waals surface area contributed by atoms with E-state index in [-0.39, 0.29) is 6.42 Å². The molecule has 2 aromatic rings. The van der Waals surface area contributed by atoms with Crippen molar-refractivity contribution in [1.82, 2.24) is 14.9 Å². The van der Waals surface area contributed by atoms with Crippen molar-refractivity contribution in [2.75, 3.05) is 13.6 Å². The third-order valence-electron chi connectivity index (χ3n) is 2.87. The average Bonchev–Trinajstić information content (AvgIpc) is 2.75. The summed E-state index contributed by atoms with van der Waals surface area (Å²) in [4.78, 5) is 19.8. The molecule has 0 saturated carbocycles. The summed E-state index contributed by atoms with van der Waals surface area (Å²) in [6, 6.07) is 6.12. The molecule has 18 heavy (non-hydrogen) atoms. The number of carbonyl (C=O) groups is 1. The summed E-state index contributed by atoms with van der Waals surface area (Å²) in [5.41, 5.74) is 3.20. The van der Waals surface area contributed by atoms with Crippen molar-refractivity contribution in [1.29, 1.82) is 0 Å². The molecule has 0 aliphatic rings. The van der Waals surface area contributed by atoms with Crippen LogP contribution in [-0.4, -0.2) is 39.5 Å². The van der Waals surface area contributed by atoms with Gasteiger partial charge in [0.05, 0.1) is 17.4 Å². The second-order valence-electron chi connectivity index (χ2n) is 4.49. The van der Waals surface area contributed by atoms with Crippen LogP contribution >= 0.6 is 0 Å². The van der Waals surface area contributed by atoms with Gasteiger partial charge < -0.3 is 15.0 Å². The van der Waals surface area contributed by atoms with Crippen LogP contribution in [0.15, 0.2) is 24.5 Å². The summed E-state index contributed by atoms with van der Waals surface area (Å²) in [6.45, 7) is 1.60. The van der Waals surface area contributed by atoms with Crippen LogP contribution in [0.4, 0.5) is 0 Å². The summed E-state index contributed by atoms with van der Waals surface area (Å²) in [6.07, 6.45) is 2.59. The van der Waals surface area contributed by atoms with E-state index < -0.39 is 5.97 Å². The highest BCUT2D eigenvalue weighted by Gasteiger charge is 2.04. The SMILES string of the molecule is CN(CCCC(=O)O)Cc1ccc2nc[nH]c2c1. The third-order valence-corrected chi connectivity index (χ3v) is 2.87. The van der Waals surface area contributed by atoms with E-state index in [4.69, 9.17) is 5.11 Å². The highest BCUT2D eigenvalue weighted by molar-refractivity contribution is 5.75. The van der Waals surface area contributed by atoms with E-state index >= 15 is 0 Å². The second kappa shape index (κ2) is 5.64. The number of hydrogen-bond acceptors (Lipinski definition) is 3. The lowest BCUT2D eigenvalue weighted by molar-refractivity contribution is -0.137. The lowest BCUT2D eigenvalue weighted by atomic mass is 10.2. The van der Waals surface area contributed by atoms with Gasteiger partial charge in [0.2, 0.25) is 0 Å². The highest BCUT2D eigenvalue weighted by Crippen LogP contribution is 2.13. The number of H-pyrrole nitrogens is 1. The quantitative estimate of drug-likeness (QED) is 0.817. The van der Waals surface area contributed by atoms with Gasteiger partial charge in [-0.25, -0.2) is 4.98 Å². The Hall–Kier alpha value is -1.88. The van der Waals surface area contributed by atoms with Gasteiger partial charge in [0.25, 0.3) is 0 Å². The lowest BCUT2D eigenvalue weighted by Gasteiger charge is -2.15. The molecule has 1 heterocycles. The average molecular weight is 247 g/mol. The fourth-order valence-electron chi connectivity index (χ4n) is 1.97. The second-order valence-corrected chi connectivity index (χ2v) is 4.49. The highest BCUT2D eigenvalue weighted by atomic mass is 16.4. The van der Waals surface area contributed by atoms with Gasteiger partial charge in [0.15, 0.2) is 0 Å². The number of aromatic amines is 1. The molecule has 0 fully saturated rings. The van der Waals surface area contributed by atoms with Gasteiger partial charge in [-0.2, -0.15) is 0 Å². The van der Waals surface area contributed by atoms with Gasteiger partial charge in [-0.05, 0) is 37.7 Å². The third kappa shape index (κ3) is 3.30. The van der Waals surface area contributed by atoms with Crippen molar-refractivity contribution in [3.8, 4) is 0 Å². The fraction of sp³-hybridized carbons (Fsp3) is 0.385. The number of nitrogens with zero attached hydrogens (tertiary/aromatic N) is 2. The first-order valence-electron chi connectivity index (χ1n) is 5.97. The molecular formula is C13H17N3O2. The Kier molecular flexibility index (Phi) is 3.94. The standard InChI is InChI=1S/C13H17N3O2/c1-16(6-2-3-13(17)18)8-10-4-5-11-12(7-10)15-9-14-11/h4-5,7,9H,2-3,6,8H2,1H3,(H,14,15)(H,17,18). The first kappa shape index (κ1) is 12.6. The molecule has 0 aliphatic carbocycles. The minimum absolute atomic E-state index is 0.226. The Labute approximate surface area is 105 Å². The number of nitrogens with one attached hydrogen (secondary N) is 1. The van der Waals surface area contributed by atoms with E-state index in [0.29, 0.717) is 6.42 Å². The zero-order valence-electron chi connectivity index (χ0n) is 10.4. The topological polar surface area (TPSA) is 69.2 Å². The predicted molar refractivity (Wildman–Crippen MR) is 69.3 cm³/mol. The summed E-state index contributed by atoms with van der Waals surface area (Å²) in [5.74, 6) is -0.734.